The molecular weight excluding hydrogens is 286 g/mol. The van der Waals surface area contributed by atoms with Gasteiger partial charge in [0.1, 0.15) is 5.82 Å². The van der Waals surface area contributed by atoms with E-state index in [9.17, 15) is 0 Å². The number of thioether (sulfide) groups is 2. The summed E-state index contributed by atoms with van der Waals surface area (Å²) in [5.74, 6) is 3.54. The van der Waals surface area contributed by atoms with E-state index >= 15 is 0 Å². The Labute approximate surface area is 130 Å². The molecule has 1 aliphatic carbocycles. The second-order valence-corrected chi connectivity index (χ2v) is 8.23. The summed E-state index contributed by atoms with van der Waals surface area (Å²) < 4.78 is 0. The van der Waals surface area contributed by atoms with Gasteiger partial charge >= 0.3 is 0 Å². The number of nitrogens with one attached hydrogen (secondary N) is 1. The summed E-state index contributed by atoms with van der Waals surface area (Å²) in [5.41, 5.74) is 2.62. The molecule has 1 aliphatic heterocycles. The van der Waals surface area contributed by atoms with Crippen LogP contribution in [-0.2, 0) is 6.42 Å². The average Bonchev–Trinajstić information content (AvgIpc) is 2.48. The molecule has 0 radical (unpaired) electrons. The zero-order valence-electron chi connectivity index (χ0n) is 12.3. The number of aromatic nitrogens is 2. The highest BCUT2D eigenvalue weighted by atomic mass is 32.2. The van der Waals surface area contributed by atoms with Crippen LogP contribution in [0.5, 0.6) is 0 Å². The van der Waals surface area contributed by atoms with E-state index in [1.165, 1.54) is 35.6 Å². The lowest BCUT2D eigenvalue weighted by molar-refractivity contribution is 0.462. The van der Waals surface area contributed by atoms with Crippen molar-refractivity contribution in [1.82, 2.24) is 15.3 Å². The molecule has 1 aromatic rings. The fourth-order valence-electron chi connectivity index (χ4n) is 3.07. The van der Waals surface area contributed by atoms with Crippen molar-refractivity contribution >= 4 is 23.5 Å². The van der Waals surface area contributed by atoms with Crippen molar-refractivity contribution in [2.45, 2.75) is 49.7 Å². The molecule has 2 aliphatic rings. The summed E-state index contributed by atoms with van der Waals surface area (Å²) in [7, 11) is 0. The predicted octanol–water partition coefficient (Wildman–Crippen LogP) is 3.37. The zero-order chi connectivity index (χ0) is 13.9. The van der Waals surface area contributed by atoms with Crippen LogP contribution in [0.1, 0.15) is 55.1 Å². The summed E-state index contributed by atoms with van der Waals surface area (Å²) in [6, 6.07) is 0.462. The Kier molecular flexibility index (Phi) is 4.89. The molecule has 3 rings (SSSR count). The van der Waals surface area contributed by atoms with Gasteiger partial charge in [-0.3, -0.25) is 0 Å². The van der Waals surface area contributed by atoms with E-state index in [-0.39, 0.29) is 0 Å². The summed E-state index contributed by atoms with van der Waals surface area (Å²) in [6.07, 6.45) is 5.67. The molecule has 1 N–H and O–H groups in total. The minimum atomic E-state index is 0.462. The van der Waals surface area contributed by atoms with E-state index in [1.54, 1.807) is 0 Å². The van der Waals surface area contributed by atoms with Crippen LogP contribution in [0.2, 0.25) is 0 Å². The maximum Gasteiger partial charge on any atom is 0.142 e. The highest BCUT2D eigenvalue weighted by Gasteiger charge is 2.28. The first-order chi connectivity index (χ1) is 9.79. The lowest BCUT2D eigenvalue weighted by Gasteiger charge is -2.29. The molecule has 0 spiro atoms. The number of hydrogen-bond acceptors (Lipinski definition) is 5. The van der Waals surface area contributed by atoms with Crippen molar-refractivity contribution in [2.75, 3.05) is 18.1 Å². The van der Waals surface area contributed by atoms with Gasteiger partial charge in [0.15, 0.2) is 0 Å². The third-order valence-corrected chi connectivity index (χ3v) is 7.18. The molecule has 1 aromatic heterocycles. The van der Waals surface area contributed by atoms with Crippen LogP contribution in [0.3, 0.4) is 0 Å². The Morgan fingerprint density at radius 1 is 1.35 bits per heavy atom. The number of fused-ring (bicyclic) bond motifs is 1. The van der Waals surface area contributed by atoms with Crippen LogP contribution < -0.4 is 5.32 Å². The maximum atomic E-state index is 4.93. The SMILES string of the molecule is CCNC1CCCc2nc(C3SCCSC3C)ncc21. The van der Waals surface area contributed by atoms with Crippen LogP contribution >= 0.6 is 23.5 Å². The average molecular weight is 310 g/mol. The molecular formula is C15H23N3S2. The van der Waals surface area contributed by atoms with Gasteiger partial charge in [-0.25, -0.2) is 9.97 Å². The molecule has 0 amide bonds. The Morgan fingerprint density at radius 2 is 2.20 bits per heavy atom. The second-order valence-electron chi connectivity index (χ2n) is 5.50. The first-order valence-electron chi connectivity index (χ1n) is 7.62. The van der Waals surface area contributed by atoms with Crippen LogP contribution in [0, 0.1) is 0 Å². The van der Waals surface area contributed by atoms with Gasteiger partial charge in [-0.15, -0.1) is 11.8 Å². The molecule has 2 heterocycles. The molecule has 110 valence electrons. The van der Waals surface area contributed by atoms with E-state index < -0.39 is 0 Å². The molecule has 3 nitrogen and oxygen atoms in total. The van der Waals surface area contributed by atoms with E-state index in [1.807, 2.05) is 11.8 Å². The largest absolute Gasteiger partial charge is 0.310 e. The Balaban J connectivity index is 1.85. The lowest BCUT2D eigenvalue weighted by atomic mass is 9.92. The standard InChI is InChI=1S/C15H23N3S2/c1-3-16-12-5-4-6-13-11(12)9-17-15(18-13)14-10(2)19-7-8-20-14/h9-10,12,14,16H,3-8H2,1-2H3. The van der Waals surface area contributed by atoms with E-state index in [0.29, 0.717) is 16.5 Å². The molecule has 5 heteroatoms. The minimum absolute atomic E-state index is 0.462. The summed E-state index contributed by atoms with van der Waals surface area (Å²) in [4.78, 5) is 9.65. The van der Waals surface area contributed by atoms with Gasteiger partial charge < -0.3 is 5.32 Å². The van der Waals surface area contributed by atoms with Gasteiger partial charge in [-0.05, 0) is 25.8 Å². The minimum Gasteiger partial charge on any atom is -0.310 e. The van der Waals surface area contributed by atoms with Gasteiger partial charge in [0, 0.05) is 40.3 Å². The summed E-state index contributed by atoms with van der Waals surface area (Å²) in [6.45, 7) is 5.49. The normalized spacial score (nSPS) is 30.0. The fraction of sp³-hybridized carbons (Fsp3) is 0.733. The van der Waals surface area contributed by atoms with Crippen molar-refractivity contribution in [3.63, 3.8) is 0 Å². The number of rotatable bonds is 3. The summed E-state index contributed by atoms with van der Waals surface area (Å²) in [5, 5.41) is 4.65. The van der Waals surface area contributed by atoms with Crippen molar-refractivity contribution in [1.29, 1.82) is 0 Å². The third kappa shape index (κ3) is 3.00. The quantitative estimate of drug-likeness (QED) is 0.926. The highest BCUT2D eigenvalue weighted by Crippen LogP contribution is 2.41. The van der Waals surface area contributed by atoms with Crippen molar-refractivity contribution in [3.8, 4) is 0 Å². The first kappa shape index (κ1) is 14.7. The van der Waals surface area contributed by atoms with E-state index in [2.05, 4.69) is 37.1 Å². The number of hydrogen-bond donors (Lipinski definition) is 1. The topological polar surface area (TPSA) is 37.8 Å². The Hall–Kier alpha value is -0.260. The predicted molar refractivity (Wildman–Crippen MR) is 88.5 cm³/mol. The molecule has 0 aromatic carbocycles. The van der Waals surface area contributed by atoms with Crippen LogP contribution in [0.4, 0.5) is 0 Å². The monoisotopic (exact) mass is 309 g/mol. The van der Waals surface area contributed by atoms with Gasteiger partial charge in [0.05, 0.1) is 5.25 Å². The van der Waals surface area contributed by atoms with Gasteiger partial charge in [0.2, 0.25) is 0 Å². The molecule has 3 atom stereocenters. The summed E-state index contributed by atoms with van der Waals surface area (Å²) >= 11 is 4.08. The molecule has 0 bridgehead atoms. The second kappa shape index (κ2) is 6.67. The van der Waals surface area contributed by atoms with Crippen molar-refractivity contribution in [2.24, 2.45) is 0 Å². The van der Waals surface area contributed by atoms with Crippen molar-refractivity contribution < 1.29 is 0 Å². The Bertz CT molecular complexity index is 466. The van der Waals surface area contributed by atoms with Gasteiger partial charge in [0.25, 0.3) is 0 Å². The number of nitrogens with zero attached hydrogens (tertiary/aromatic N) is 2. The maximum absolute atomic E-state index is 4.93. The lowest BCUT2D eigenvalue weighted by Crippen LogP contribution is -2.27. The van der Waals surface area contributed by atoms with E-state index in [0.717, 1.165) is 18.8 Å². The van der Waals surface area contributed by atoms with Crippen LogP contribution in [0.15, 0.2) is 6.20 Å². The zero-order valence-corrected chi connectivity index (χ0v) is 13.9. The van der Waals surface area contributed by atoms with Gasteiger partial charge in [-0.2, -0.15) is 11.8 Å². The fourth-order valence-corrected chi connectivity index (χ4v) is 5.77. The van der Waals surface area contributed by atoms with Crippen LogP contribution in [-0.4, -0.2) is 33.3 Å². The number of aryl methyl sites for hydroxylation is 1. The highest BCUT2D eigenvalue weighted by molar-refractivity contribution is 8.06. The third-order valence-electron chi connectivity index (χ3n) is 4.09. The van der Waals surface area contributed by atoms with Crippen molar-refractivity contribution in [3.05, 3.63) is 23.3 Å². The Morgan fingerprint density at radius 3 is 3.00 bits per heavy atom. The molecule has 3 unspecified atom stereocenters. The molecule has 0 saturated carbocycles. The van der Waals surface area contributed by atoms with Gasteiger partial charge in [-0.1, -0.05) is 13.8 Å². The first-order valence-corrected chi connectivity index (χ1v) is 9.71. The van der Waals surface area contributed by atoms with E-state index in [4.69, 9.17) is 9.97 Å². The molecule has 1 fully saturated rings. The molecule has 20 heavy (non-hydrogen) atoms. The molecule has 1 saturated heterocycles. The smallest absolute Gasteiger partial charge is 0.142 e. The van der Waals surface area contributed by atoms with Crippen LogP contribution in [0.25, 0.3) is 0 Å².